The first-order chi connectivity index (χ1) is 14.5. The molecular weight excluding hydrogens is 400 g/mol. The minimum Gasteiger partial charge on any atom is -0.368 e. The van der Waals surface area contributed by atoms with Crippen molar-refractivity contribution in [1.29, 1.82) is 0 Å². The van der Waals surface area contributed by atoms with Gasteiger partial charge in [-0.15, -0.1) is 11.3 Å². The number of hydrogen-bond donors (Lipinski definition) is 1. The molecule has 30 heavy (non-hydrogen) atoms. The first-order valence-electron chi connectivity index (χ1n) is 11.2. The van der Waals surface area contributed by atoms with E-state index < -0.39 is 0 Å². The number of fused-ring (bicyclic) bond motifs is 3. The number of amides is 1. The highest BCUT2D eigenvalue weighted by atomic mass is 32.1. The maximum atomic E-state index is 12.9. The molecule has 5 rings (SSSR count). The molecule has 3 unspecified atom stereocenters. The third kappa shape index (κ3) is 3.59. The lowest BCUT2D eigenvalue weighted by molar-refractivity contribution is -0.143. The largest absolute Gasteiger partial charge is 0.368 e. The van der Waals surface area contributed by atoms with Gasteiger partial charge >= 0.3 is 0 Å². The monoisotopic (exact) mass is 430 g/mol. The fourth-order valence-corrected chi connectivity index (χ4v) is 6.43. The van der Waals surface area contributed by atoms with Crippen molar-refractivity contribution in [3.63, 3.8) is 0 Å². The average molecular weight is 431 g/mol. The number of thiophene rings is 1. The summed E-state index contributed by atoms with van der Waals surface area (Å²) in [6, 6.07) is 0.0140. The fraction of sp³-hybridized carbons (Fsp3) is 0.682. The van der Waals surface area contributed by atoms with Crippen LogP contribution in [0.15, 0.2) is 4.79 Å². The molecule has 1 amide bonds. The molecule has 2 aromatic heterocycles. The molecule has 0 saturated carbocycles. The van der Waals surface area contributed by atoms with Crippen molar-refractivity contribution < 1.29 is 9.53 Å². The van der Waals surface area contributed by atoms with Crippen molar-refractivity contribution in [2.24, 2.45) is 5.92 Å². The van der Waals surface area contributed by atoms with E-state index in [1.165, 1.54) is 10.4 Å². The van der Waals surface area contributed by atoms with E-state index in [1.807, 2.05) is 4.90 Å². The Morgan fingerprint density at radius 2 is 2.07 bits per heavy atom. The molecule has 0 aromatic carbocycles. The van der Waals surface area contributed by atoms with Crippen molar-refractivity contribution in [2.75, 3.05) is 32.8 Å². The summed E-state index contributed by atoms with van der Waals surface area (Å²) in [5.41, 5.74) is 1.23. The van der Waals surface area contributed by atoms with Crippen LogP contribution in [0.5, 0.6) is 0 Å². The Morgan fingerprint density at radius 3 is 2.80 bits per heavy atom. The molecule has 2 aromatic rings. The van der Waals surface area contributed by atoms with E-state index in [2.05, 4.69) is 23.7 Å². The van der Waals surface area contributed by atoms with Crippen molar-refractivity contribution in [2.45, 2.75) is 58.1 Å². The molecule has 0 radical (unpaired) electrons. The number of ether oxygens (including phenoxy) is 1. The average Bonchev–Trinajstić information content (AvgIpc) is 3.40. The van der Waals surface area contributed by atoms with Crippen LogP contribution in [0.4, 0.5) is 0 Å². The van der Waals surface area contributed by atoms with E-state index in [0.717, 1.165) is 61.2 Å². The van der Waals surface area contributed by atoms with Gasteiger partial charge in [-0.1, -0.05) is 6.92 Å². The Hall–Kier alpha value is -1.77. The number of aromatic amines is 1. The van der Waals surface area contributed by atoms with E-state index in [4.69, 9.17) is 9.72 Å². The number of aromatic nitrogens is 2. The van der Waals surface area contributed by atoms with Crippen LogP contribution in [0.1, 0.15) is 55.4 Å². The first-order valence-corrected chi connectivity index (χ1v) is 12.0. The lowest BCUT2D eigenvalue weighted by atomic mass is 9.89. The number of hydrogen-bond acceptors (Lipinski definition) is 6. The second-order valence-corrected chi connectivity index (χ2v) is 10.1. The number of rotatable bonds is 3. The summed E-state index contributed by atoms with van der Waals surface area (Å²) in [4.78, 5) is 39.9. The molecule has 3 atom stereocenters. The van der Waals surface area contributed by atoms with Crippen LogP contribution in [0, 0.1) is 5.92 Å². The lowest BCUT2D eigenvalue weighted by Crippen LogP contribution is -2.52. The van der Waals surface area contributed by atoms with Crippen LogP contribution in [0.25, 0.3) is 10.2 Å². The molecule has 1 aliphatic carbocycles. The maximum absolute atomic E-state index is 12.9. The van der Waals surface area contributed by atoms with Gasteiger partial charge in [0.25, 0.3) is 11.5 Å². The first kappa shape index (κ1) is 20.2. The van der Waals surface area contributed by atoms with Crippen molar-refractivity contribution >= 4 is 27.5 Å². The molecule has 2 aliphatic heterocycles. The number of carbonyl (C=O) groups excluding carboxylic acids is 1. The van der Waals surface area contributed by atoms with Gasteiger partial charge in [0.1, 0.15) is 16.8 Å². The SMILES string of the molecule is CC1CCc2c(sc3nc(C(C)N4CCN(C(=O)C5CCCO5)CC4)[nH]c(=O)c23)C1. The highest BCUT2D eigenvalue weighted by Crippen LogP contribution is 2.36. The molecule has 0 spiro atoms. The zero-order chi connectivity index (χ0) is 20.8. The molecule has 4 heterocycles. The Balaban J connectivity index is 1.31. The minimum atomic E-state index is -0.248. The van der Waals surface area contributed by atoms with Gasteiger partial charge in [-0.2, -0.15) is 0 Å². The normalized spacial score (nSPS) is 26.1. The van der Waals surface area contributed by atoms with Gasteiger partial charge in [0.15, 0.2) is 0 Å². The number of H-pyrrole nitrogens is 1. The van der Waals surface area contributed by atoms with Crippen molar-refractivity contribution in [3.05, 3.63) is 26.6 Å². The Labute approximate surface area is 180 Å². The van der Waals surface area contributed by atoms with Crippen LogP contribution >= 0.6 is 11.3 Å². The van der Waals surface area contributed by atoms with Crippen LogP contribution in [-0.4, -0.2) is 64.6 Å². The number of piperazine rings is 1. The standard InChI is InChI=1S/C22H30N4O3S/c1-13-5-6-15-17(12-13)30-21-18(15)20(27)23-19(24-21)14(2)25-7-9-26(10-8-25)22(28)16-4-3-11-29-16/h13-14,16H,3-12H2,1-2H3,(H,23,24,27). The highest BCUT2D eigenvalue weighted by molar-refractivity contribution is 7.18. The summed E-state index contributed by atoms with van der Waals surface area (Å²) in [5.74, 6) is 1.54. The minimum absolute atomic E-state index is 0.00102. The number of carbonyl (C=O) groups is 1. The van der Waals surface area contributed by atoms with Gasteiger partial charge in [-0.3, -0.25) is 14.5 Å². The molecule has 8 heteroatoms. The van der Waals surface area contributed by atoms with Crippen LogP contribution in [-0.2, 0) is 22.4 Å². The quantitative estimate of drug-likeness (QED) is 0.810. The Bertz CT molecular complexity index is 1000. The van der Waals surface area contributed by atoms with Gasteiger partial charge in [0.05, 0.1) is 11.4 Å². The zero-order valence-electron chi connectivity index (χ0n) is 17.8. The predicted molar refractivity (Wildman–Crippen MR) is 117 cm³/mol. The van der Waals surface area contributed by atoms with E-state index in [0.29, 0.717) is 25.6 Å². The number of nitrogens with zero attached hydrogens (tertiary/aromatic N) is 3. The maximum Gasteiger partial charge on any atom is 0.259 e. The summed E-state index contributed by atoms with van der Waals surface area (Å²) in [7, 11) is 0. The van der Waals surface area contributed by atoms with Gasteiger partial charge in [-0.25, -0.2) is 4.98 Å². The molecule has 2 saturated heterocycles. The molecule has 3 aliphatic rings. The Kier molecular flexibility index (Phi) is 5.41. The van der Waals surface area contributed by atoms with E-state index >= 15 is 0 Å². The van der Waals surface area contributed by atoms with E-state index in [-0.39, 0.29) is 23.6 Å². The van der Waals surface area contributed by atoms with Gasteiger partial charge in [0.2, 0.25) is 0 Å². The van der Waals surface area contributed by atoms with E-state index in [9.17, 15) is 9.59 Å². The number of aryl methyl sites for hydroxylation is 1. The Morgan fingerprint density at radius 1 is 1.27 bits per heavy atom. The second-order valence-electron chi connectivity index (χ2n) is 9.02. The highest BCUT2D eigenvalue weighted by Gasteiger charge is 2.32. The van der Waals surface area contributed by atoms with Crippen LogP contribution < -0.4 is 5.56 Å². The summed E-state index contributed by atoms with van der Waals surface area (Å²) in [6.07, 6.45) is 4.75. The molecule has 2 fully saturated rings. The summed E-state index contributed by atoms with van der Waals surface area (Å²) in [6.45, 7) is 8.01. The summed E-state index contributed by atoms with van der Waals surface area (Å²) in [5, 5.41) is 0.810. The third-order valence-electron chi connectivity index (χ3n) is 6.96. The molecule has 0 bridgehead atoms. The number of nitrogens with one attached hydrogen (secondary N) is 1. The molecular formula is C22H30N4O3S. The van der Waals surface area contributed by atoms with Crippen molar-refractivity contribution in [3.8, 4) is 0 Å². The van der Waals surface area contributed by atoms with Gasteiger partial charge < -0.3 is 14.6 Å². The summed E-state index contributed by atoms with van der Waals surface area (Å²) >= 11 is 1.70. The lowest BCUT2D eigenvalue weighted by Gasteiger charge is -2.38. The fourth-order valence-electron chi connectivity index (χ4n) is 5.04. The molecule has 7 nitrogen and oxygen atoms in total. The topological polar surface area (TPSA) is 78.5 Å². The third-order valence-corrected chi connectivity index (χ3v) is 8.11. The second kappa shape index (κ2) is 8.05. The zero-order valence-corrected chi connectivity index (χ0v) is 18.6. The van der Waals surface area contributed by atoms with Crippen LogP contribution in [0.2, 0.25) is 0 Å². The van der Waals surface area contributed by atoms with E-state index in [1.54, 1.807) is 11.3 Å². The van der Waals surface area contributed by atoms with Gasteiger partial charge in [0, 0.05) is 37.7 Å². The molecule has 162 valence electrons. The summed E-state index contributed by atoms with van der Waals surface area (Å²) < 4.78 is 5.55. The smallest absolute Gasteiger partial charge is 0.259 e. The predicted octanol–water partition coefficient (Wildman–Crippen LogP) is 2.49. The molecule has 1 N–H and O–H groups in total. The van der Waals surface area contributed by atoms with Crippen molar-refractivity contribution in [1.82, 2.24) is 19.8 Å². The van der Waals surface area contributed by atoms with Crippen LogP contribution in [0.3, 0.4) is 0 Å². The van der Waals surface area contributed by atoms with Gasteiger partial charge in [-0.05, 0) is 50.5 Å².